The van der Waals surface area contributed by atoms with Crippen molar-refractivity contribution in [3.63, 3.8) is 0 Å². The van der Waals surface area contributed by atoms with E-state index in [1.807, 2.05) is 6.92 Å². The average molecular weight is 544 g/mol. The van der Waals surface area contributed by atoms with E-state index in [0.717, 1.165) is 24.8 Å². The fourth-order valence-electron chi connectivity index (χ4n) is 4.03. The molecule has 9 nitrogen and oxygen atoms in total. The van der Waals surface area contributed by atoms with E-state index in [1.165, 1.54) is 53.9 Å². The normalized spacial score (nSPS) is 14.6. The summed E-state index contributed by atoms with van der Waals surface area (Å²) in [6, 6.07) is 16.8. The Balaban J connectivity index is 1.52. The number of carbonyl (C=O) groups is 1. The van der Waals surface area contributed by atoms with Gasteiger partial charge in [0.25, 0.3) is 15.9 Å². The molecule has 0 bridgehead atoms. The van der Waals surface area contributed by atoms with Crippen molar-refractivity contribution >= 4 is 37.3 Å². The zero-order valence-electron chi connectivity index (χ0n) is 20.6. The Labute approximate surface area is 217 Å². The first-order valence-electron chi connectivity index (χ1n) is 11.8. The number of benzene rings is 3. The fourth-order valence-corrected chi connectivity index (χ4v) is 6.63. The molecule has 196 valence electrons. The molecule has 1 heterocycles. The number of sulfonamides is 2. The topological polar surface area (TPSA) is 122 Å². The molecule has 11 heteroatoms. The molecule has 0 spiro atoms. The van der Waals surface area contributed by atoms with Gasteiger partial charge < -0.3 is 10.1 Å². The highest BCUT2D eigenvalue weighted by Crippen LogP contribution is 2.27. The summed E-state index contributed by atoms with van der Waals surface area (Å²) in [4.78, 5) is 13.1. The number of amides is 1. The predicted molar refractivity (Wildman–Crippen MR) is 142 cm³/mol. The molecule has 37 heavy (non-hydrogen) atoms. The number of nitrogens with zero attached hydrogens (tertiary/aromatic N) is 1. The van der Waals surface area contributed by atoms with Gasteiger partial charge in [0.15, 0.2) is 0 Å². The second kappa shape index (κ2) is 10.9. The lowest BCUT2D eigenvalue weighted by Crippen LogP contribution is -2.35. The number of ether oxygens (including phenoxy) is 1. The summed E-state index contributed by atoms with van der Waals surface area (Å²) in [5, 5.41) is 2.68. The highest BCUT2D eigenvalue weighted by atomic mass is 32.2. The standard InChI is InChI=1S/C26H29N3O6S2/c1-19-6-8-21(9-7-19)28-36(31,32)22-12-10-20(11-13-22)27-26(30)24-18-23(14-15-25(24)35-2)37(33,34)29-16-4-3-5-17-29/h6-15,18,28H,3-5,16-17H2,1-2H3,(H,27,30). The van der Waals surface area contributed by atoms with Crippen molar-refractivity contribution in [1.29, 1.82) is 0 Å². The average Bonchev–Trinajstić information content (AvgIpc) is 2.90. The molecule has 2 N–H and O–H groups in total. The molecule has 4 rings (SSSR count). The van der Waals surface area contributed by atoms with Crippen LogP contribution in [0.4, 0.5) is 11.4 Å². The minimum atomic E-state index is -3.82. The van der Waals surface area contributed by atoms with Crippen LogP contribution in [-0.2, 0) is 20.0 Å². The number of anilines is 2. The smallest absolute Gasteiger partial charge is 0.261 e. The summed E-state index contributed by atoms with van der Waals surface area (Å²) in [6.45, 7) is 2.80. The first-order valence-corrected chi connectivity index (χ1v) is 14.7. The number of carbonyl (C=O) groups excluding carboxylic acids is 1. The van der Waals surface area contributed by atoms with E-state index in [4.69, 9.17) is 4.74 Å². The first-order chi connectivity index (χ1) is 17.6. The number of hydrogen-bond donors (Lipinski definition) is 2. The van der Waals surface area contributed by atoms with Crippen LogP contribution in [0.1, 0.15) is 35.2 Å². The van der Waals surface area contributed by atoms with Crippen LogP contribution < -0.4 is 14.8 Å². The summed E-state index contributed by atoms with van der Waals surface area (Å²) >= 11 is 0. The molecule has 3 aromatic carbocycles. The third-order valence-electron chi connectivity index (χ3n) is 6.09. The minimum Gasteiger partial charge on any atom is -0.496 e. The van der Waals surface area contributed by atoms with E-state index >= 15 is 0 Å². The summed E-state index contributed by atoms with van der Waals surface area (Å²) in [7, 11) is -6.17. The van der Waals surface area contributed by atoms with Gasteiger partial charge in [0.05, 0.1) is 22.5 Å². The number of rotatable bonds is 8. The van der Waals surface area contributed by atoms with Crippen LogP contribution in [0.25, 0.3) is 0 Å². The second-order valence-electron chi connectivity index (χ2n) is 8.78. The molecule has 1 amide bonds. The van der Waals surface area contributed by atoms with Crippen molar-refractivity contribution in [2.75, 3.05) is 30.2 Å². The third-order valence-corrected chi connectivity index (χ3v) is 9.39. The van der Waals surface area contributed by atoms with Crippen LogP contribution in [0.15, 0.2) is 76.5 Å². The maximum absolute atomic E-state index is 13.1. The van der Waals surface area contributed by atoms with E-state index in [-0.39, 0.29) is 21.1 Å². The Kier molecular flexibility index (Phi) is 7.86. The highest BCUT2D eigenvalue weighted by Gasteiger charge is 2.27. The van der Waals surface area contributed by atoms with Crippen LogP contribution >= 0.6 is 0 Å². The third kappa shape index (κ3) is 6.12. The number of nitrogens with one attached hydrogen (secondary N) is 2. The highest BCUT2D eigenvalue weighted by molar-refractivity contribution is 7.92. The van der Waals surface area contributed by atoms with E-state index < -0.39 is 26.0 Å². The predicted octanol–water partition coefficient (Wildman–Crippen LogP) is 4.23. The summed E-state index contributed by atoms with van der Waals surface area (Å²) in [5.41, 5.74) is 1.84. The number of aryl methyl sites for hydroxylation is 1. The van der Waals surface area contributed by atoms with E-state index in [2.05, 4.69) is 10.0 Å². The van der Waals surface area contributed by atoms with Crippen LogP contribution in [0.2, 0.25) is 0 Å². The lowest BCUT2D eigenvalue weighted by molar-refractivity contribution is 0.102. The van der Waals surface area contributed by atoms with Gasteiger partial charge >= 0.3 is 0 Å². The van der Waals surface area contributed by atoms with Crippen molar-refractivity contribution < 1.29 is 26.4 Å². The first kappa shape index (κ1) is 26.6. The number of hydrogen-bond acceptors (Lipinski definition) is 6. The molecular formula is C26H29N3O6S2. The lowest BCUT2D eigenvalue weighted by Gasteiger charge is -2.26. The van der Waals surface area contributed by atoms with Gasteiger partial charge in [-0.1, -0.05) is 24.1 Å². The quantitative estimate of drug-likeness (QED) is 0.439. The van der Waals surface area contributed by atoms with Gasteiger partial charge in [0.2, 0.25) is 10.0 Å². The van der Waals surface area contributed by atoms with Crippen LogP contribution in [0, 0.1) is 6.92 Å². The largest absolute Gasteiger partial charge is 0.496 e. The van der Waals surface area contributed by atoms with Crippen molar-refractivity contribution in [3.05, 3.63) is 77.9 Å². The van der Waals surface area contributed by atoms with Gasteiger partial charge in [0, 0.05) is 24.5 Å². The SMILES string of the molecule is COc1ccc(S(=O)(=O)N2CCCCC2)cc1C(=O)Nc1ccc(S(=O)(=O)Nc2ccc(C)cc2)cc1. The van der Waals surface area contributed by atoms with Crippen LogP contribution in [0.5, 0.6) is 5.75 Å². The van der Waals surface area contributed by atoms with Crippen LogP contribution in [-0.4, -0.2) is 47.2 Å². The second-order valence-corrected chi connectivity index (χ2v) is 12.4. The molecule has 0 unspecified atom stereocenters. The maximum atomic E-state index is 13.1. The van der Waals surface area contributed by atoms with Gasteiger partial charge in [-0.05, 0) is 74.4 Å². The van der Waals surface area contributed by atoms with Gasteiger partial charge in [-0.25, -0.2) is 16.8 Å². The number of methoxy groups -OCH3 is 1. The maximum Gasteiger partial charge on any atom is 0.261 e. The molecule has 1 aliphatic rings. The fraction of sp³-hybridized carbons (Fsp3) is 0.269. The molecule has 0 aliphatic carbocycles. The van der Waals surface area contributed by atoms with E-state index in [1.54, 1.807) is 24.3 Å². The van der Waals surface area contributed by atoms with Crippen molar-refractivity contribution in [3.8, 4) is 5.75 Å². The molecule has 0 aromatic heterocycles. The van der Waals surface area contributed by atoms with Crippen molar-refractivity contribution in [2.24, 2.45) is 0 Å². The summed E-state index contributed by atoms with van der Waals surface area (Å²) in [6.07, 6.45) is 2.59. The lowest BCUT2D eigenvalue weighted by atomic mass is 10.2. The Bertz CT molecular complexity index is 1480. The Hall–Kier alpha value is -3.41. The van der Waals surface area contributed by atoms with Crippen molar-refractivity contribution in [2.45, 2.75) is 36.0 Å². The molecule has 1 aliphatic heterocycles. The van der Waals surface area contributed by atoms with Gasteiger partial charge in [-0.2, -0.15) is 4.31 Å². The zero-order chi connectivity index (χ0) is 26.6. The monoisotopic (exact) mass is 543 g/mol. The molecule has 0 atom stereocenters. The minimum absolute atomic E-state index is 0.0176. The Morgan fingerprint density at radius 2 is 1.41 bits per heavy atom. The van der Waals surface area contributed by atoms with Gasteiger partial charge in [-0.15, -0.1) is 0 Å². The van der Waals surface area contributed by atoms with E-state index in [0.29, 0.717) is 24.5 Å². The summed E-state index contributed by atoms with van der Waals surface area (Å²) < 4.78 is 60.8. The molecule has 1 fully saturated rings. The molecule has 3 aromatic rings. The summed E-state index contributed by atoms with van der Waals surface area (Å²) in [5.74, 6) is -0.363. The Morgan fingerprint density at radius 3 is 2.03 bits per heavy atom. The molecule has 0 radical (unpaired) electrons. The van der Waals surface area contributed by atoms with Gasteiger partial charge in [-0.3, -0.25) is 9.52 Å². The number of piperidine rings is 1. The molecular weight excluding hydrogens is 514 g/mol. The molecule has 1 saturated heterocycles. The van der Waals surface area contributed by atoms with E-state index in [9.17, 15) is 21.6 Å². The zero-order valence-corrected chi connectivity index (χ0v) is 22.2. The Morgan fingerprint density at radius 1 is 0.811 bits per heavy atom. The molecule has 0 saturated carbocycles. The van der Waals surface area contributed by atoms with Crippen molar-refractivity contribution in [1.82, 2.24) is 4.31 Å². The van der Waals surface area contributed by atoms with Crippen LogP contribution in [0.3, 0.4) is 0 Å². The van der Waals surface area contributed by atoms with Gasteiger partial charge in [0.1, 0.15) is 5.75 Å².